The molecule has 20 heavy (non-hydrogen) atoms. The third-order valence-corrected chi connectivity index (χ3v) is 4.00. The number of thiophene rings is 1. The van der Waals surface area contributed by atoms with E-state index in [1.807, 2.05) is 42.5 Å². The summed E-state index contributed by atoms with van der Waals surface area (Å²) in [6, 6.07) is 11.7. The van der Waals surface area contributed by atoms with E-state index < -0.39 is 5.97 Å². The molecule has 3 nitrogen and oxygen atoms in total. The van der Waals surface area contributed by atoms with Crippen LogP contribution in [0.25, 0.3) is 22.2 Å². The zero-order valence-electron chi connectivity index (χ0n) is 10.5. The first-order chi connectivity index (χ1) is 9.74. The molecule has 2 heterocycles. The molecule has 0 saturated heterocycles. The van der Waals surface area contributed by atoms with Gasteiger partial charge in [-0.05, 0) is 11.6 Å². The summed E-state index contributed by atoms with van der Waals surface area (Å²) in [5.41, 5.74) is 2.02. The van der Waals surface area contributed by atoms with Crippen LogP contribution in [0.5, 0.6) is 0 Å². The third-order valence-electron chi connectivity index (χ3n) is 2.94. The van der Waals surface area contributed by atoms with E-state index >= 15 is 0 Å². The second kappa shape index (κ2) is 5.27. The lowest BCUT2D eigenvalue weighted by molar-refractivity contribution is 0.0702. The number of aromatic carboxylic acids is 1. The zero-order valence-corrected chi connectivity index (χ0v) is 11.3. The molecule has 0 radical (unpaired) electrons. The molecule has 3 rings (SSSR count). The van der Waals surface area contributed by atoms with Crippen molar-refractivity contribution in [3.05, 3.63) is 64.8 Å². The topological polar surface area (TPSA) is 50.2 Å². The number of aromatic nitrogens is 1. The molecular weight excluding hydrogens is 270 g/mol. The summed E-state index contributed by atoms with van der Waals surface area (Å²) in [5.74, 6) is -0.899. The zero-order chi connectivity index (χ0) is 13.9. The highest BCUT2D eigenvalue weighted by Gasteiger charge is 2.10. The maximum atomic E-state index is 11.0. The van der Waals surface area contributed by atoms with Crippen molar-refractivity contribution in [1.29, 1.82) is 0 Å². The van der Waals surface area contributed by atoms with Gasteiger partial charge in [-0.15, -0.1) is 11.3 Å². The van der Waals surface area contributed by atoms with Gasteiger partial charge >= 0.3 is 5.97 Å². The fourth-order valence-corrected chi connectivity index (χ4v) is 2.87. The Morgan fingerprint density at radius 1 is 1.15 bits per heavy atom. The molecule has 1 N–H and O–H groups in total. The van der Waals surface area contributed by atoms with Gasteiger partial charge in [0.1, 0.15) is 4.88 Å². The van der Waals surface area contributed by atoms with Crippen LogP contribution in [0, 0.1) is 0 Å². The Morgan fingerprint density at radius 2 is 1.95 bits per heavy atom. The smallest absolute Gasteiger partial charge is 0.345 e. The van der Waals surface area contributed by atoms with Crippen molar-refractivity contribution in [3.8, 4) is 0 Å². The van der Waals surface area contributed by atoms with E-state index in [0.717, 1.165) is 21.2 Å². The average Bonchev–Trinajstić information content (AvgIpc) is 2.91. The van der Waals surface area contributed by atoms with E-state index in [0.29, 0.717) is 4.88 Å². The standard InChI is InChI=1S/C16H11NO2S/c18-16(19)14-8-13-12(9-17-10-15(13)20-14)7-6-11-4-2-1-3-5-11/h1-10H,(H,18,19)/b7-6-. The Hall–Kier alpha value is -2.46. The molecule has 0 aliphatic heterocycles. The molecule has 0 atom stereocenters. The van der Waals surface area contributed by atoms with E-state index in [-0.39, 0.29) is 0 Å². The number of carboxylic acid groups (broad SMARTS) is 1. The molecule has 0 unspecified atom stereocenters. The van der Waals surface area contributed by atoms with Crippen molar-refractivity contribution in [1.82, 2.24) is 4.98 Å². The first-order valence-corrected chi connectivity index (χ1v) is 6.89. The minimum atomic E-state index is -0.899. The maximum Gasteiger partial charge on any atom is 0.345 e. The largest absolute Gasteiger partial charge is 0.477 e. The minimum Gasteiger partial charge on any atom is -0.477 e. The highest BCUT2D eigenvalue weighted by molar-refractivity contribution is 7.20. The molecule has 0 spiro atoms. The van der Waals surface area contributed by atoms with Crippen LogP contribution in [0.3, 0.4) is 0 Å². The fraction of sp³-hybridized carbons (Fsp3) is 0. The van der Waals surface area contributed by atoms with Gasteiger partial charge in [-0.1, -0.05) is 42.5 Å². The van der Waals surface area contributed by atoms with Gasteiger partial charge in [-0.3, -0.25) is 4.98 Å². The summed E-state index contributed by atoms with van der Waals surface area (Å²) in [5, 5.41) is 9.98. The van der Waals surface area contributed by atoms with Gasteiger partial charge in [0.2, 0.25) is 0 Å². The summed E-state index contributed by atoms with van der Waals surface area (Å²) < 4.78 is 0.887. The van der Waals surface area contributed by atoms with Crippen molar-refractivity contribution >= 4 is 39.5 Å². The quantitative estimate of drug-likeness (QED) is 0.784. The predicted octanol–water partition coefficient (Wildman–Crippen LogP) is 4.16. The van der Waals surface area contributed by atoms with Crippen molar-refractivity contribution in [3.63, 3.8) is 0 Å². The normalized spacial score (nSPS) is 11.2. The number of fused-ring (bicyclic) bond motifs is 1. The molecule has 98 valence electrons. The first kappa shape index (κ1) is 12.6. The second-order valence-electron chi connectivity index (χ2n) is 4.30. The van der Waals surface area contributed by atoms with Crippen LogP contribution in [0.4, 0.5) is 0 Å². The Balaban J connectivity index is 2.03. The van der Waals surface area contributed by atoms with Gasteiger partial charge in [0.25, 0.3) is 0 Å². The van der Waals surface area contributed by atoms with Crippen LogP contribution >= 0.6 is 11.3 Å². The van der Waals surface area contributed by atoms with E-state index in [1.54, 1.807) is 18.5 Å². The van der Waals surface area contributed by atoms with Crippen molar-refractivity contribution in [2.24, 2.45) is 0 Å². The molecular formula is C16H11NO2S. The number of benzene rings is 1. The lowest BCUT2D eigenvalue weighted by Gasteiger charge is -1.96. The van der Waals surface area contributed by atoms with Crippen LogP contribution < -0.4 is 0 Å². The van der Waals surface area contributed by atoms with Gasteiger partial charge in [-0.2, -0.15) is 0 Å². The summed E-state index contributed by atoms with van der Waals surface area (Å²) in [6.45, 7) is 0. The Kier molecular flexibility index (Phi) is 3.31. The molecule has 0 aliphatic rings. The van der Waals surface area contributed by atoms with Crippen LogP contribution in [0.2, 0.25) is 0 Å². The lowest BCUT2D eigenvalue weighted by Crippen LogP contribution is -1.89. The Bertz CT molecular complexity index is 791. The predicted molar refractivity (Wildman–Crippen MR) is 81.9 cm³/mol. The highest BCUT2D eigenvalue weighted by atomic mass is 32.1. The molecule has 0 amide bonds. The number of carboxylic acids is 1. The van der Waals surface area contributed by atoms with Crippen molar-refractivity contribution in [2.75, 3.05) is 0 Å². The first-order valence-electron chi connectivity index (χ1n) is 6.08. The molecule has 1 aromatic carbocycles. The van der Waals surface area contributed by atoms with Crippen molar-refractivity contribution in [2.45, 2.75) is 0 Å². The third kappa shape index (κ3) is 2.46. The second-order valence-corrected chi connectivity index (χ2v) is 5.38. The van der Waals surface area contributed by atoms with Gasteiger partial charge in [-0.25, -0.2) is 4.79 Å². The maximum absolute atomic E-state index is 11.0. The minimum absolute atomic E-state index is 0.336. The van der Waals surface area contributed by atoms with Crippen LogP contribution in [-0.4, -0.2) is 16.1 Å². The highest BCUT2D eigenvalue weighted by Crippen LogP contribution is 2.28. The summed E-state index contributed by atoms with van der Waals surface area (Å²) in [6.07, 6.45) is 7.41. The number of hydrogen-bond acceptors (Lipinski definition) is 3. The Labute approximate surface area is 119 Å². The van der Waals surface area contributed by atoms with Crippen LogP contribution in [0.15, 0.2) is 48.8 Å². The summed E-state index contributed by atoms with van der Waals surface area (Å²) in [4.78, 5) is 15.5. The van der Waals surface area contributed by atoms with Crippen LogP contribution in [0.1, 0.15) is 20.8 Å². The van der Waals surface area contributed by atoms with Gasteiger partial charge < -0.3 is 5.11 Å². The average molecular weight is 281 g/mol. The molecule has 3 aromatic rings. The lowest BCUT2D eigenvalue weighted by atomic mass is 10.1. The van der Waals surface area contributed by atoms with E-state index in [4.69, 9.17) is 5.11 Å². The van der Waals surface area contributed by atoms with E-state index in [1.165, 1.54) is 11.3 Å². The number of rotatable bonds is 3. The van der Waals surface area contributed by atoms with E-state index in [2.05, 4.69) is 4.98 Å². The number of hydrogen-bond donors (Lipinski definition) is 1. The van der Waals surface area contributed by atoms with Crippen molar-refractivity contribution < 1.29 is 9.90 Å². The number of nitrogens with zero attached hydrogens (tertiary/aromatic N) is 1. The fourth-order valence-electron chi connectivity index (χ4n) is 1.97. The number of pyridine rings is 1. The molecule has 0 saturated carbocycles. The number of carbonyl (C=O) groups is 1. The van der Waals surface area contributed by atoms with E-state index in [9.17, 15) is 4.79 Å². The molecule has 0 aliphatic carbocycles. The summed E-state index contributed by atoms with van der Waals surface area (Å²) in [7, 11) is 0. The monoisotopic (exact) mass is 281 g/mol. The molecule has 0 bridgehead atoms. The molecule has 0 fully saturated rings. The molecule has 2 aromatic heterocycles. The van der Waals surface area contributed by atoms with Gasteiger partial charge in [0, 0.05) is 23.3 Å². The Morgan fingerprint density at radius 3 is 2.70 bits per heavy atom. The molecule has 4 heteroatoms. The van der Waals surface area contributed by atoms with Gasteiger partial charge in [0.05, 0.1) is 4.70 Å². The SMILES string of the molecule is O=C(O)c1cc2c(/C=C\c3ccccc3)cncc2s1. The van der Waals surface area contributed by atoms with Crippen LogP contribution in [-0.2, 0) is 0 Å². The summed E-state index contributed by atoms with van der Waals surface area (Å²) >= 11 is 1.25. The van der Waals surface area contributed by atoms with Gasteiger partial charge in [0.15, 0.2) is 0 Å².